The van der Waals surface area contributed by atoms with Gasteiger partial charge in [0.1, 0.15) is 5.75 Å². The van der Waals surface area contributed by atoms with Crippen molar-refractivity contribution in [2.75, 3.05) is 32.5 Å². The van der Waals surface area contributed by atoms with E-state index >= 15 is 0 Å². The third-order valence-electron chi connectivity index (χ3n) is 2.63. The summed E-state index contributed by atoms with van der Waals surface area (Å²) in [5.41, 5.74) is 0. The average molecular weight is 239 g/mol. The average Bonchev–Trinajstić information content (AvgIpc) is 2.35. The van der Waals surface area contributed by atoms with E-state index in [0.29, 0.717) is 0 Å². The van der Waals surface area contributed by atoms with E-state index in [-0.39, 0.29) is 0 Å². The Hall–Kier alpha value is -0.670. The smallest absolute Gasteiger partial charge is 0.118 e. The highest BCUT2D eigenvalue weighted by molar-refractivity contribution is 7.99. The molecule has 0 bridgehead atoms. The predicted octanol–water partition coefficient (Wildman–Crippen LogP) is 3.13. The second kappa shape index (κ2) is 7.58. The van der Waals surface area contributed by atoms with Crippen molar-refractivity contribution < 1.29 is 4.74 Å². The molecule has 0 N–H and O–H groups in total. The Bertz CT molecular complexity index is 282. The molecule has 0 unspecified atom stereocenters. The van der Waals surface area contributed by atoms with Crippen LogP contribution in [-0.2, 0) is 0 Å². The Morgan fingerprint density at radius 3 is 2.25 bits per heavy atom. The number of thioether (sulfide) groups is 1. The van der Waals surface area contributed by atoms with Crippen LogP contribution in [0.15, 0.2) is 29.2 Å². The van der Waals surface area contributed by atoms with E-state index < -0.39 is 0 Å². The molecule has 0 aromatic heterocycles. The van der Waals surface area contributed by atoms with Gasteiger partial charge in [-0.2, -0.15) is 0 Å². The first-order valence-electron chi connectivity index (χ1n) is 5.79. The number of hydrogen-bond acceptors (Lipinski definition) is 3. The van der Waals surface area contributed by atoms with Gasteiger partial charge in [-0.3, -0.25) is 0 Å². The van der Waals surface area contributed by atoms with Gasteiger partial charge in [0.05, 0.1) is 7.11 Å². The van der Waals surface area contributed by atoms with E-state index in [4.69, 9.17) is 4.74 Å². The Morgan fingerprint density at radius 1 is 1.12 bits per heavy atom. The number of rotatable bonds is 7. The molecule has 1 aromatic rings. The van der Waals surface area contributed by atoms with Crippen LogP contribution in [0.3, 0.4) is 0 Å². The van der Waals surface area contributed by atoms with Crippen molar-refractivity contribution >= 4 is 11.8 Å². The normalized spacial score (nSPS) is 10.8. The summed E-state index contributed by atoms with van der Waals surface area (Å²) in [5.74, 6) is 2.07. The van der Waals surface area contributed by atoms with Gasteiger partial charge in [-0.25, -0.2) is 0 Å². The topological polar surface area (TPSA) is 12.5 Å². The number of nitrogens with zero attached hydrogens (tertiary/aromatic N) is 1. The summed E-state index contributed by atoms with van der Waals surface area (Å²) in [5, 5.41) is 0. The molecule has 0 fully saturated rings. The van der Waals surface area contributed by atoms with Gasteiger partial charge in [0.25, 0.3) is 0 Å². The highest BCUT2D eigenvalue weighted by Crippen LogP contribution is 2.21. The van der Waals surface area contributed by atoms with Crippen LogP contribution in [0.4, 0.5) is 0 Å². The predicted molar refractivity (Wildman–Crippen MR) is 71.5 cm³/mol. The van der Waals surface area contributed by atoms with E-state index in [0.717, 1.165) is 31.1 Å². The Morgan fingerprint density at radius 2 is 1.75 bits per heavy atom. The molecule has 16 heavy (non-hydrogen) atoms. The highest BCUT2D eigenvalue weighted by Gasteiger charge is 1.99. The third-order valence-corrected chi connectivity index (χ3v) is 3.62. The first-order valence-corrected chi connectivity index (χ1v) is 6.78. The van der Waals surface area contributed by atoms with Gasteiger partial charge in [-0.05, 0) is 37.4 Å². The van der Waals surface area contributed by atoms with Gasteiger partial charge in [0.15, 0.2) is 0 Å². The van der Waals surface area contributed by atoms with Crippen LogP contribution < -0.4 is 4.74 Å². The van der Waals surface area contributed by atoms with Crippen molar-refractivity contribution in [2.24, 2.45) is 0 Å². The first-order chi connectivity index (χ1) is 7.80. The van der Waals surface area contributed by atoms with Gasteiger partial charge < -0.3 is 9.64 Å². The number of hydrogen-bond donors (Lipinski definition) is 0. The molecule has 90 valence electrons. The minimum absolute atomic E-state index is 0.924. The van der Waals surface area contributed by atoms with Gasteiger partial charge in [-0.1, -0.05) is 13.8 Å². The number of ether oxygens (including phenoxy) is 1. The molecular formula is C13H21NOS. The Balaban J connectivity index is 2.31. The van der Waals surface area contributed by atoms with Crippen molar-refractivity contribution in [2.45, 2.75) is 18.7 Å². The van der Waals surface area contributed by atoms with Crippen molar-refractivity contribution in [3.05, 3.63) is 24.3 Å². The molecule has 1 rings (SSSR count). The lowest BCUT2D eigenvalue weighted by Gasteiger charge is -2.17. The maximum Gasteiger partial charge on any atom is 0.118 e. The van der Waals surface area contributed by atoms with Crippen LogP contribution in [0.1, 0.15) is 13.8 Å². The molecule has 0 aliphatic carbocycles. The van der Waals surface area contributed by atoms with Crippen molar-refractivity contribution in [1.82, 2.24) is 4.90 Å². The van der Waals surface area contributed by atoms with Crippen molar-refractivity contribution in [1.29, 1.82) is 0 Å². The van der Waals surface area contributed by atoms with E-state index in [2.05, 4.69) is 30.9 Å². The van der Waals surface area contributed by atoms with Gasteiger partial charge in [0.2, 0.25) is 0 Å². The molecule has 0 saturated heterocycles. The van der Waals surface area contributed by atoms with Crippen molar-refractivity contribution in [3.63, 3.8) is 0 Å². The lowest BCUT2D eigenvalue weighted by molar-refractivity contribution is 0.324. The molecule has 0 atom stereocenters. The summed E-state index contributed by atoms with van der Waals surface area (Å²) in [6.07, 6.45) is 0. The lowest BCUT2D eigenvalue weighted by Crippen LogP contribution is -2.25. The minimum atomic E-state index is 0.924. The highest BCUT2D eigenvalue weighted by atomic mass is 32.2. The Kier molecular flexibility index (Phi) is 6.34. The molecule has 0 spiro atoms. The molecule has 1 aromatic carbocycles. The molecule has 0 heterocycles. The van der Waals surface area contributed by atoms with Crippen LogP contribution in [0.5, 0.6) is 5.75 Å². The summed E-state index contributed by atoms with van der Waals surface area (Å²) in [6, 6.07) is 8.26. The quantitative estimate of drug-likeness (QED) is 0.678. The summed E-state index contributed by atoms with van der Waals surface area (Å²) >= 11 is 1.90. The van der Waals surface area contributed by atoms with Gasteiger partial charge >= 0.3 is 0 Å². The van der Waals surface area contributed by atoms with E-state index in [1.165, 1.54) is 4.90 Å². The molecule has 2 nitrogen and oxygen atoms in total. The monoisotopic (exact) mass is 239 g/mol. The summed E-state index contributed by atoms with van der Waals surface area (Å²) in [6.45, 7) is 7.85. The van der Waals surface area contributed by atoms with E-state index in [1.54, 1.807) is 7.11 Å². The largest absolute Gasteiger partial charge is 0.497 e. The molecule has 0 radical (unpaired) electrons. The van der Waals surface area contributed by atoms with E-state index in [1.807, 2.05) is 23.9 Å². The fourth-order valence-electron chi connectivity index (χ4n) is 1.50. The van der Waals surface area contributed by atoms with Crippen LogP contribution >= 0.6 is 11.8 Å². The zero-order chi connectivity index (χ0) is 11.8. The fourth-order valence-corrected chi connectivity index (χ4v) is 2.42. The first kappa shape index (κ1) is 13.4. The maximum absolute atomic E-state index is 5.13. The minimum Gasteiger partial charge on any atom is -0.497 e. The number of benzene rings is 1. The summed E-state index contributed by atoms with van der Waals surface area (Å²) < 4.78 is 5.13. The lowest BCUT2D eigenvalue weighted by atomic mass is 10.3. The molecule has 0 amide bonds. The molecule has 0 saturated carbocycles. The van der Waals surface area contributed by atoms with Crippen LogP contribution in [0, 0.1) is 0 Å². The number of methoxy groups -OCH3 is 1. The molecule has 3 heteroatoms. The van der Waals surface area contributed by atoms with Gasteiger partial charge in [-0.15, -0.1) is 11.8 Å². The van der Waals surface area contributed by atoms with Crippen molar-refractivity contribution in [3.8, 4) is 5.75 Å². The fraction of sp³-hybridized carbons (Fsp3) is 0.538. The summed E-state index contributed by atoms with van der Waals surface area (Å²) in [4.78, 5) is 3.75. The van der Waals surface area contributed by atoms with Crippen LogP contribution in [0.2, 0.25) is 0 Å². The zero-order valence-corrected chi connectivity index (χ0v) is 11.2. The summed E-state index contributed by atoms with van der Waals surface area (Å²) in [7, 11) is 1.70. The van der Waals surface area contributed by atoms with E-state index in [9.17, 15) is 0 Å². The van der Waals surface area contributed by atoms with Crippen LogP contribution in [-0.4, -0.2) is 37.4 Å². The second-order valence-electron chi connectivity index (χ2n) is 3.55. The zero-order valence-electron chi connectivity index (χ0n) is 10.4. The van der Waals surface area contributed by atoms with Crippen LogP contribution in [0.25, 0.3) is 0 Å². The second-order valence-corrected chi connectivity index (χ2v) is 4.72. The maximum atomic E-state index is 5.13. The molecular weight excluding hydrogens is 218 g/mol. The SMILES string of the molecule is CCN(CC)CCSc1ccc(OC)cc1. The van der Waals surface area contributed by atoms with Gasteiger partial charge in [0, 0.05) is 17.2 Å². The molecule has 0 aliphatic rings. The molecule has 0 aliphatic heterocycles. The standard InChI is InChI=1S/C13H21NOS/c1-4-14(5-2)10-11-16-13-8-6-12(15-3)7-9-13/h6-9H,4-5,10-11H2,1-3H3. The third kappa shape index (κ3) is 4.45. The Labute approximate surface area is 103 Å².